The average molecular weight is 439 g/mol. The second-order valence-corrected chi connectivity index (χ2v) is 9.11. The number of aromatic nitrogens is 4. The van der Waals surface area contributed by atoms with Crippen LogP contribution in [-0.2, 0) is 11.2 Å². The van der Waals surface area contributed by atoms with Crippen LogP contribution in [-0.4, -0.2) is 54.1 Å². The van der Waals surface area contributed by atoms with Crippen molar-refractivity contribution in [2.45, 2.75) is 58.0 Å². The number of carbonyl (C=O) groups is 2. The maximum absolute atomic E-state index is 13.4. The maximum Gasteiger partial charge on any atom is 0.276 e. The summed E-state index contributed by atoms with van der Waals surface area (Å²) in [6.45, 7) is 4.38. The Kier molecular flexibility index (Phi) is 5.00. The fourth-order valence-electron chi connectivity index (χ4n) is 5.42. The molecule has 8 nitrogen and oxygen atoms in total. The van der Waals surface area contributed by atoms with Crippen LogP contribution < -0.4 is 5.32 Å². The molecule has 2 bridgehead atoms. The molecule has 0 unspecified atom stereocenters. The van der Waals surface area contributed by atoms with Gasteiger partial charge in [0.25, 0.3) is 5.91 Å². The highest BCUT2D eigenvalue weighted by atomic mass is 32.1. The van der Waals surface area contributed by atoms with Gasteiger partial charge in [-0.2, -0.15) is 8.75 Å². The molecule has 1 aromatic carbocycles. The predicted octanol–water partition coefficient (Wildman–Crippen LogP) is 2.86. The van der Waals surface area contributed by atoms with Gasteiger partial charge in [-0.15, -0.1) is 0 Å². The first-order valence-corrected chi connectivity index (χ1v) is 11.6. The van der Waals surface area contributed by atoms with Gasteiger partial charge in [-0.3, -0.25) is 9.59 Å². The Hall–Kier alpha value is -2.81. The Bertz CT molecular complexity index is 1110. The van der Waals surface area contributed by atoms with E-state index in [1.165, 1.54) is 0 Å². The van der Waals surface area contributed by atoms with Gasteiger partial charge in [-0.05, 0) is 44.7 Å². The predicted molar refractivity (Wildman–Crippen MR) is 118 cm³/mol. The molecular weight excluding hydrogens is 412 g/mol. The van der Waals surface area contributed by atoms with Crippen molar-refractivity contribution >= 4 is 34.6 Å². The summed E-state index contributed by atoms with van der Waals surface area (Å²) < 4.78 is 8.36. The van der Waals surface area contributed by atoms with E-state index in [-0.39, 0.29) is 23.9 Å². The van der Waals surface area contributed by atoms with E-state index < -0.39 is 5.41 Å². The number of aromatic amines is 1. The first-order valence-electron chi connectivity index (χ1n) is 10.9. The van der Waals surface area contributed by atoms with Gasteiger partial charge in [0.1, 0.15) is 5.82 Å². The van der Waals surface area contributed by atoms with Crippen LogP contribution in [0.25, 0.3) is 11.0 Å². The zero-order valence-electron chi connectivity index (χ0n) is 17.7. The lowest BCUT2D eigenvalue weighted by molar-refractivity contribution is -0.132. The number of benzene rings is 1. The average Bonchev–Trinajstić information content (AvgIpc) is 3.54. The van der Waals surface area contributed by atoms with Crippen LogP contribution in [0.4, 0.5) is 0 Å². The fraction of sp³-hybridized carbons (Fsp3) is 0.500. The molecular formula is C22H26N6O2S. The molecule has 3 atom stereocenters. The highest BCUT2D eigenvalue weighted by molar-refractivity contribution is 6.99. The number of rotatable bonds is 6. The van der Waals surface area contributed by atoms with Crippen molar-refractivity contribution in [2.24, 2.45) is 5.41 Å². The van der Waals surface area contributed by atoms with Crippen LogP contribution in [0.15, 0.2) is 24.3 Å². The van der Waals surface area contributed by atoms with E-state index >= 15 is 0 Å². The maximum atomic E-state index is 13.4. The molecule has 2 fully saturated rings. The smallest absolute Gasteiger partial charge is 0.276 e. The Morgan fingerprint density at radius 3 is 2.87 bits per heavy atom. The normalized spacial score (nSPS) is 24.8. The van der Waals surface area contributed by atoms with Gasteiger partial charge in [0.2, 0.25) is 5.91 Å². The minimum atomic E-state index is -0.538. The summed E-state index contributed by atoms with van der Waals surface area (Å²) in [5.41, 5.74) is 2.49. The summed E-state index contributed by atoms with van der Waals surface area (Å²) in [5, 5.41) is 3.14. The van der Waals surface area contributed by atoms with E-state index in [9.17, 15) is 9.59 Å². The van der Waals surface area contributed by atoms with Crippen LogP contribution in [0.3, 0.4) is 0 Å². The zero-order valence-corrected chi connectivity index (χ0v) is 18.5. The number of para-hydroxylation sites is 2. The number of carbonyl (C=O) groups excluding carboxylic acids is 2. The van der Waals surface area contributed by atoms with Crippen molar-refractivity contribution in [3.05, 3.63) is 41.5 Å². The lowest BCUT2D eigenvalue weighted by Crippen LogP contribution is -2.50. The lowest BCUT2D eigenvalue weighted by Gasteiger charge is -2.35. The van der Waals surface area contributed by atoms with Crippen LogP contribution in [0, 0.1) is 12.3 Å². The molecule has 4 heterocycles. The molecule has 2 aliphatic rings. The van der Waals surface area contributed by atoms with Crippen molar-refractivity contribution in [3.63, 3.8) is 0 Å². The summed E-state index contributed by atoms with van der Waals surface area (Å²) in [7, 11) is 0. The first kappa shape index (κ1) is 20.1. The molecule has 9 heteroatoms. The van der Waals surface area contributed by atoms with E-state index in [0.29, 0.717) is 37.2 Å². The number of H-pyrrole nitrogens is 1. The summed E-state index contributed by atoms with van der Waals surface area (Å²) >= 11 is 1.06. The number of aryl methyl sites for hydroxylation is 1. The molecule has 31 heavy (non-hydrogen) atoms. The minimum Gasteiger partial charge on any atom is -0.355 e. The molecule has 2 aliphatic heterocycles. The molecule has 0 spiro atoms. The van der Waals surface area contributed by atoms with Crippen LogP contribution in [0.5, 0.6) is 0 Å². The van der Waals surface area contributed by atoms with Crippen molar-refractivity contribution in [1.29, 1.82) is 0 Å². The fourth-order valence-corrected chi connectivity index (χ4v) is 5.96. The molecule has 0 radical (unpaired) electrons. The third-order valence-corrected chi connectivity index (χ3v) is 7.62. The Morgan fingerprint density at radius 2 is 2.13 bits per heavy atom. The summed E-state index contributed by atoms with van der Waals surface area (Å²) in [5.74, 6) is 0.830. The second kappa shape index (κ2) is 7.71. The van der Waals surface area contributed by atoms with Crippen LogP contribution >= 0.6 is 11.7 Å². The quantitative estimate of drug-likeness (QED) is 0.616. The molecule has 5 rings (SSSR count). The van der Waals surface area contributed by atoms with E-state index in [2.05, 4.69) is 31.0 Å². The molecule has 162 valence electrons. The number of hydrogen-bond acceptors (Lipinski definition) is 6. The largest absolute Gasteiger partial charge is 0.355 e. The number of imidazole rings is 1. The third-order valence-electron chi connectivity index (χ3n) is 7.00. The van der Waals surface area contributed by atoms with Crippen LogP contribution in [0.2, 0.25) is 0 Å². The molecule has 0 saturated carbocycles. The van der Waals surface area contributed by atoms with Gasteiger partial charge >= 0.3 is 0 Å². The summed E-state index contributed by atoms with van der Waals surface area (Å²) in [4.78, 5) is 36.4. The number of fused-ring (bicyclic) bond motifs is 3. The topological polar surface area (TPSA) is 104 Å². The van der Waals surface area contributed by atoms with Crippen molar-refractivity contribution in [2.75, 3.05) is 6.54 Å². The van der Waals surface area contributed by atoms with Gasteiger partial charge in [0.15, 0.2) is 5.69 Å². The highest BCUT2D eigenvalue weighted by Crippen LogP contribution is 2.52. The summed E-state index contributed by atoms with van der Waals surface area (Å²) in [6.07, 6.45) is 3.87. The standard InChI is InChI=1S/C22H26N6O2S/c1-3-22(21(30)23-11-10-18-24-15-6-4-5-7-16(15)25-18)12-14-8-9-17(22)28(14)20(29)19-13(2)26-31-27-19/h4-7,14,17H,3,8-12H2,1-2H3,(H,23,30)(H,24,25)/t14-,17+,22+/m1/s1. The minimum absolute atomic E-state index is 0.0456. The Morgan fingerprint density at radius 1 is 1.29 bits per heavy atom. The van der Waals surface area contributed by atoms with Gasteiger partial charge in [-0.1, -0.05) is 19.1 Å². The number of nitrogens with zero attached hydrogens (tertiary/aromatic N) is 4. The van der Waals surface area contributed by atoms with E-state index in [0.717, 1.165) is 41.4 Å². The van der Waals surface area contributed by atoms with Crippen LogP contribution in [0.1, 0.15) is 54.6 Å². The van der Waals surface area contributed by atoms with Gasteiger partial charge in [0.05, 0.1) is 33.9 Å². The summed E-state index contributed by atoms with van der Waals surface area (Å²) in [6, 6.07) is 7.92. The number of amides is 2. The SMILES string of the molecule is CC[C@]1(C(=O)NCCc2nc3ccccc3[nH]2)C[C@H]2CC[C@@H]1N2C(=O)c1nsnc1C. The molecule has 3 aromatic rings. The molecule has 0 aliphatic carbocycles. The third kappa shape index (κ3) is 3.22. The van der Waals surface area contributed by atoms with E-state index in [1.807, 2.05) is 36.1 Å². The molecule has 2 amide bonds. The van der Waals surface area contributed by atoms with Gasteiger partial charge in [0, 0.05) is 25.0 Å². The molecule has 2 N–H and O–H groups in total. The van der Waals surface area contributed by atoms with Crippen molar-refractivity contribution in [3.8, 4) is 0 Å². The lowest BCUT2D eigenvalue weighted by atomic mass is 9.71. The molecule has 2 aromatic heterocycles. The molecule has 2 saturated heterocycles. The highest BCUT2D eigenvalue weighted by Gasteiger charge is 2.60. The van der Waals surface area contributed by atoms with Crippen molar-refractivity contribution < 1.29 is 9.59 Å². The number of hydrogen-bond donors (Lipinski definition) is 2. The van der Waals surface area contributed by atoms with Gasteiger partial charge < -0.3 is 15.2 Å². The first-order chi connectivity index (χ1) is 15.0. The Labute approximate surface area is 184 Å². The Balaban J connectivity index is 1.28. The second-order valence-electron chi connectivity index (χ2n) is 8.58. The zero-order chi connectivity index (χ0) is 21.6. The van der Waals surface area contributed by atoms with Gasteiger partial charge in [-0.25, -0.2) is 4.98 Å². The monoisotopic (exact) mass is 438 g/mol. The van der Waals surface area contributed by atoms with E-state index in [4.69, 9.17) is 0 Å². The van der Waals surface area contributed by atoms with E-state index in [1.54, 1.807) is 0 Å². The number of nitrogens with one attached hydrogen (secondary N) is 2. The van der Waals surface area contributed by atoms with Crippen molar-refractivity contribution in [1.82, 2.24) is 28.9 Å².